The third kappa shape index (κ3) is 6.97. The van der Waals surface area contributed by atoms with Crippen molar-refractivity contribution in [2.75, 3.05) is 41.7 Å². The Morgan fingerprint density at radius 2 is 1.35 bits per heavy atom. The van der Waals surface area contributed by atoms with Gasteiger partial charge in [-0.05, 0) is 80.4 Å². The molecular formula is C30H34N4O3. The van der Waals surface area contributed by atoms with Crippen LogP contribution in [-0.2, 0) is 4.79 Å². The van der Waals surface area contributed by atoms with Crippen molar-refractivity contribution in [2.24, 2.45) is 0 Å². The summed E-state index contributed by atoms with van der Waals surface area (Å²) in [7, 11) is 0. The van der Waals surface area contributed by atoms with E-state index in [4.69, 9.17) is 0 Å². The molecule has 0 bridgehead atoms. The van der Waals surface area contributed by atoms with E-state index in [9.17, 15) is 14.4 Å². The van der Waals surface area contributed by atoms with Crippen LogP contribution in [0.2, 0.25) is 0 Å². The van der Waals surface area contributed by atoms with Gasteiger partial charge in [0.1, 0.15) is 0 Å². The molecule has 1 saturated heterocycles. The van der Waals surface area contributed by atoms with E-state index in [0.717, 1.165) is 37.3 Å². The Hall–Kier alpha value is -4.13. The van der Waals surface area contributed by atoms with Crippen LogP contribution in [0.1, 0.15) is 53.3 Å². The summed E-state index contributed by atoms with van der Waals surface area (Å²) in [4.78, 5) is 41.8. The van der Waals surface area contributed by atoms with E-state index >= 15 is 0 Å². The van der Waals surface area contributed by atoms with Gasteiger partial charge in [-0.25, -0.2) is 0 Å². The second kappa shape index (κ2) is 12.7. The zero-order valence-corrected chi connectivity index (χ0v) is 21.3. The molecule has 3 aromatic rings. The van der Waals surface area contributed by atoms with Crippen LogP contribution in [0.3, 0.4) is 0 Å². The van der Waals surface area contributed by atoms with Gasteiger partial charge < -0.3 is 20.4 Å². The predicted octanol–water partition coefficient (Wildman–Crippen LogP) is 5.42. The Balaban J connectivity index is 1.27. The number of carbonyl (C=O) groups is 3. The fraction of sp³-hybridized carbons (Fsp3) is 0.300. The fourth-order valence-electron chi connectivity index (χ4n) is 4.48. The van der Waals surface area contributed by atoms with E-state index in [1.807, 2.05) is 54.3 Å². The first kappa shape index (κ1) is 25.9. The van der Waals surface area contributed by atoms with Crippen molar-refractivity contribution in [1.82, 2.24) is 4.90 Å². The largest absolute Gasteiger partial charge is 0.376 e. The van der Waals surface area contributed by atoms with E-state index < -0.39 is 0 Å². The lowest BCUT2D eigenvalue weighted by molar-refractivity contribution is -0.114. The lowest BCUT2D eigenvalue weighted by Crippen LogP contribution is -2.31. The molecule has 0 unspecified atom stereocenters. The SMILES string of the molecule is CCN(C(=O)c1ccc(NC(=O)CNc2ccc(C(=O)N3CCCCCC3)cc2)cc1)c1ccccc1. The van der Waals surface area contributed by atoms with Crippen LogP contribution in [-0.4, -0.2) is 48.8 Å². The molecule has 1 aliphatic heterocycles. The molecule has 2 N–H and O–H groups in total. The number of nitrogens with one attached hydrogen (secondary N) is 2. The van der Waals surface area contributed by atoms with Crippen molar-refractivity contribution >= 4 is 34.8 Å². The molecule has 1 fully saturated rings. The van der Waals surface area contributed by atoms with Gasteiger partial charge in [0.15, 0.2) is 0 Å². The first-order chi connectivity index (χ1) is 18.0. The number of rotatable bonds is 8. The predicted molar refractivity (Wildman–Crippen MR) is 148 cm³/mol. The van der Waals surface area contributed by atoms with Crippen LogP contribution in [0.15, 0.2) is 78.9 Å². The average Bonchev–Trinajstić information content (AvgIpc) is 3.23. The van der Waals surface area contributed by atoms with Crippen molar-refractivity contribution in [1.29, 1.82) is 0 Å². The average molecular weight is 499 g/mol. The molecule has 7 heteroatoms. The summed E-state index contributed by atoms with van der Waals surface area (Å²) in [6.07, 6.45) is 4.49. The van der Waals surface area contributed by atoms with Crippen LogP contribution < -0.4 is 15.5 Å². The third-order valence-electron chi connectivity index (χ3n) is 6.52. The Kier molecular flexibility index (Phi) is 8.92. The molecular weight excluding hydrogens is 464 g/mol. The fourth-order valence-corrected chi connectivity index (χ4v) is 4.48. The molecule has 37 heavy (non-hydrogen) atoms. The summed E-state index contributed by atoms with van der Waals surface area (Å²) in [6.45, 7) is 4.21. The molecule has 3 aromatic carbocycles. The highest BCUT2D eigenvalue weighted by Crippen LogP contribution is 2.19. The Morgan fingerprint density at radius 3 is 1.97 bits per heavy atom. The number of hydrogen-bond donors (Lipinski definition) is 2. The van der Waals surface area contributed by atoms with Crippen molar-refractivity contribution in [3.8, 4) is 0 Å². The molecule has 0 radical (unpaired) electrons. The summed E-state index contributed by atoms with van der Waals surface area (Å²) in [6, 6.07) is 23.7. The Bertz CT molecular complexity index is 1190. The summed E-state index contributed by atoms with van der Waals surface area (Å²) in [5.41, 5.74) is 3.45. The number of hydrogen-bond acceptors (Lipinski definition) is 4. The highest BCUT2D eigenvalue weighted by molar-refractivity contribution is 6.06. The molecule has 0 aromatic heterocycles. The van der Waals surface area contributed by atoms with Gasteiger partial charge in [0.25, 0.3) is 11.8 Å². The maximum Gasteiger partial charge on any atom is 0.258 e. The van der Waals surface area contributed by atoms with Gasteiger partial charge in [-0.2, -0.15) is 0 Å². The molecule has 7 nitrogen and oxygen atoms in total. The highest BCUT2D eigenvalue weighted by Gasteiger charge is 2.18. The quantitative estimate of drug-likeness (QED) is 0.435. The maximum atomic E-state index is 12.9. The highest BCUT2D eigenvalue weighted by atomic mass is 16.2. The standard InChI is InChI=1S/C30H34N4O3/c1-2-34(27-10-6-5-7-11-27)30(37)24-14-18-26(19-15-24)32-28(35)22-31-25-16-12-23(13-17-25)29(36)33-20-8-3-4-9-21-33/h5-7,10-19,31H,2-4,8-9,20-22H2,1H3,(H,32,35). The Labute approximate surface area is 218 Å². The number of carbonyl (C=O) groups excluding carboxylic acids is 3. The topological polar surface area (TPSA) is 81.8 Å². The van der Waals surface area contributed by atoms with E-state index in [2.05, 4.69) is 10.6 Å². The first-order valence-corrected chi connectivity index (χ1v) is 12.9. The normalized spacial score (nSPS) is 13.4. The lowest BCUT2D eigenvalue weighted by atomic mass is 10.1. The minimum atomic E-state index is -0.205. The van der Waals surface area contributed by atoms with E-state index in [-0.39, 0.29) is 24.3 Å². The van der Waals surface area contributed by atoms with Gasteiger partial charge in [-0.3, -0.25) is 14.4 Å². The number of amides is 3. The molecule has 0 atom stereocenters. The van der Waals surface area contributed by atoms with Gasteiger partial charge in [-0.1, -0.05) is 31.0 Å². The van der Waals surface area contributed by atoms with E-state index in [0.29, 0.717) is 23.4 Å². The molecule has 0 saturated carbocycles. The van der Waals surface area contributed by atoms with Gasteiger partial charge in [-0.15, -0.1) is 0 Å². The lowest BCUT2D eigenvalue weighted by Gasteiger charge is -2.21. The number of benzene rings is 3. The van der Waals surface area contributed by atoms with Gasteiger partial charge in [0.2, 0.25) is 5.91 Å². The summed E-state index contributed by atoms with van der Waals surface area (Å²) in [5, 5.41) is 5.94. The maximum absolute atomic E-state index is 12.9. The van der Waals surface area contributed by atoms with Crippen molar-refractivity contribution in [3.05, 3.63) is 90.0 Å². The van der Waals surface area contributed by atoms with Gasteiger partial charge in [0.05, 0.1) is 6.54 Å². The van der Waals surface area contributed by atoms with Crippen molar-refractivity contribution in [3.63, 3.8) is 0 Å². The minimum Gasteiger partial charge on any atom is -0.376 e. The smallest absolute Gasteiger partial charge is 0.258 e. The van der Waals surface area contributed by atoms with E-state index in [1.54, 1.807) is 41.3 Å². The molecule has 4 rings (SSSR count). The first-order valence-electron chi connectivity index (χ1n) is 12.9. The zero-order chi connectivity index (χ0) is 26.0. The van der Waals surface area contributed by atoms with E-state index in [1.165, 1.54) is 12.8 Å². The second-order valence-corrected chi connectivity index (χ2v) is 9.15. The minimum absolute atomic E-state index is 0.0685. The molecule has 1 heterocycles. The Morgan fingerprint density at radius 1 is 0.757 bits per heavy atom. The number of para-hydroxylation sites is 1. The van der Waals surface area contributed by atoms with Crippen LogP contribution in [0, 0.1) is 0 Å². The van der Waals surface area contributed by atoms with Crippen molar-refractivity contribution < 1.29 is 14.4 Å². The number of anilines is 3. The zero-order valence-electron chi connectivity index (χ0n) is 21.3. The molecule has 0 aliphatic carbocycles. The summed E-state index contributed by atoms with van der Waals surface area (Å²) < 4.78 is 0. The van der Waals surface area contributed by atoms with Crippen LogP contribution >= 0.6 is 0 Å². The van der Waals surface area contributed by atoms with Crippen LogP contribution in [0.25, 0.3) is 0 Å². The van der Waals surface area contributed by atoms with Crippen molar-refractivity contribution in [2.45, 2.75) is 32.6 Å². The monoisotopic (exact) mass is 498 g/mol. The number of nitrogens with zero attached hydrogens (tertiary/aromatic N) is 2. The van der Waals surface area contributed by atoms with Crippen LogP contribution in [0.5, 0.6) is 0 Å². The molecule has 3 amide bonds. The molecule has 1 aliphatic rings. The molecule has 192 valence electrons. The number of likely N-dealkylation sites (tertiary alicyclic amines) is 1. The summed E-state index contributed by atoms with van der Waals surface area (Å²) >= 11 is 0. The molecule has 0 spiro atoms. The van der Waals surface area contributed by atoms with Gasteiger partial charge in [0, 0.05) is 47.8 Å². The third-order valence-corrected chi connectivity index (χ3v) is 6.52. The van der Waals surface area contributed by atoms with Crippen LogP contribution in [0.4, 0.5) is 17.1 Å². The van der Waals surface area contributed by atoms with Gasteiger partial charge >= 0.3 is 0 Å². The summed E-state index contributed by atoms with van der Waals surface area (Å²) in [5.74, 6) is -0.228. The second-order valence-electron chi connectivity index (χ2n) is 9.15.